The van der Waals surface area contributed by atoms with Gasteiger partial charge in [-0.2, -0.15) is 13.2 Å². The summed E-state index contributed by atoms with van der Waals surface area (Å²) in [6.45, 7) is 2.43. The third-order valence-electron chi connectivity index (χ3n) is 3.66. The number of hydrogen-bond donors (Lipinski definition) is 0. The maximum atomic E-state index is 12.3. The van der Waals surface area contributed by atoms with Crippen LogP contribution in [0.5, 0.6) is 0 Å². The maximum Gasteiger partial charge on any atom is 0.406 e. The number of carbonyl (C=O) groups is 1. The molecular weight excluding hydrogens is 325 g/mol. The molecule has 19 heavy (non-hydrogen) atoms. The van der Waals surface area contributed by atoms with Crippen LogP contribution in [-0.2, 0) is 4.79 Å². The zero-order chi connectivity index (χ0) is 14.2. The van der Waals surface area contributed by atoms with Gasteiger partial charge in [0.25, 0.3) is 0 Å². The van der Waals surface area contributed by atoms with E-state index in [1.165, 1.54) is 5.57 Å². The van der Waals surface area contributed by atoms with E-state index in [9.17, 15) is 18.0 Å². The molecule has 0 spiro atoms. The minimum atomic E-state index is -4.32. The van der Waals surface area contributed by atoms with Crippen LogP contribution in [0.1, 0.15) is 19.8 Å². The molecule has 0 aromatic rings. The van der Waals surface area contributed by atoms with Crippen molar-refractivity contribution in [1.29, 1.82) is 0 Å². The molecule has 3 nitrogen and oxygen atoms in total. The van der Waals surface area contributed by atoms with Crippen molar-refractivity contribution >= 4 is 21.8 Å². The summed E-state index contributed by atoms with van der Waals surface area (Å²) in [7, 11) is 0. The van der Waals surface area contributed by atoms with Gasteiger partial charge in [0.15, 0.2) is 0 Å². The average molecular weight is 341 g/mol. The van der Waals surface area contributed by atoms with Gasteiger partial charge in [-0.1, -0.05) is 21.5 Å². The Kier molecular flexibility index (Phi) is 4.25. The first-order valence-corrected chi connectivity index (χ1v) is 7.01. The van der Waals surface area contributed by atoms with Crippen LogP contribution in [0, 0.1) is 0 Å². The Hall–Kier alpha value is -0.560. The zero-order valence-electron chi connectivity index (χ0n) is 10.6. The van der Waals surface area contributed by atoms with Crippen molar-refractivity contribution in [1.82, 2.24) is 9.80 Å². The number of halogens is 4. The van der Waals surface area contributed by atoms with Crippen LogP contribution in [0.25, 0.3) is 0 Å². The fraction of sp³-hybridized carbons (Fsp3) is 0.750. The monoisotopic (exact) mass is 340 g/mol. The summed E-state index contributed by atoms with van der Waals surface area (Å²) in [5.41, 5.74) is 1.24. The molecule has 1 saturated heterocycles. The quantitative estimate of drug-likeness (QED) is 0.771. The molecule has 2 rings (SSSR count). The van der Waals surface area contributed by atoms with Gasteiger partial charge in [-0.25, -0.2) is 0 Å². The highest BCUT2D eigenvalue weighted by Crippen LogP contribution is 2.28. The van der Waals surface area contributed by atoms with Gasteiger partial charge in [0.05, 0.1) is 6.04 Å². The Morgan fingerprint density at radius 3 is 2.63 bits per heavy atom. The predicted octanol–water partition coefficient (Wildman–Crippen LogP) is 2.52. The maximum absolute atomic E-state index is 12.3. The van der Waals surface area contributed by atoms with E-state index in [2.05, 4.69) is 15.9 Å². The van der Waals surface area contributed by atoms with Crippen LogP contribution < -0.4 is 0 Å². The van der Waals surface area contributed by atoms with Crippen LogP contribution >= 0.6 is 15.9 Å². The Labute approximate surface area is 118 Å². The molecule has 0 aliphatic carbocycles. The number of hydrogen-bond acceptors (Lipinski definition) is 2. The van der Waals surface area contributed by atoms with Crippen molar-refractivity contribution in [3.63, 3.8) is 0 Å². The first-order valence-electron chi connectivity index (χ1n) is 6.21. The van der Waals surface area contributed by atoms with Crippen LogP contribution in [0.15, 0.2) is 10.1 Å². The molecule has 1 amide bonds. The van der Waals surface area contributed by atoms with Crippen LogP contribution in [0.3, 0.4) is 0 Å². The molecule has 0 bridgehead atoms. The molecule has 2 aliphatic heterocycles. The lowest BCUT2D eigenvalue weighted by Gasteiger charge is -2.32. The third kappa shape index (κ3) is 3.51. The first kappa shape index (κ1) is 14.8. The highest BCUT2D eigenvalue weighted by Gasteiger charge is 2.41. The lowest BCUT2D eigenvalue weighted by atomic mass is 10.1. The van der Waals surface area contributed by atoms with Gasteiger partial charge < -0.3 is 4.90 Å². The lowest BCUT2D eigenvalue weighted by molar-refractivity contribution is -0.159. The molecule has 0 unspecified atom stereocenters. The molecule has 108 valence electrons. The summed E-state index contributed by atoms with van der Waals surface area (Å²) in [6.07, 6.45) is -2.98. The second kappa shape index (κ2) is 5.44. The van der Waals surface area contributed by atoms with Gasteiger partial charge in [-0.05, 0) is 19.8 Å². The van der Waals surface area contributed by atoms with Crippen LogP contribution in [-0.4, -0.2) is 54.1 Å². The molecule has 0 radical (unpaired) electrons. The van der Waals surface area contributed by atoms with E-state index in [-0.39, 0.29) is 6.54 Å². The number of nitrogens with zero attached hydrogens (tertiary/aromatic N) is 2. The topological polar surface area (TPSA) is 23.6 Å². The van der Waals surface area contributed by atoms with Gasteiger partial charge in [0.2, 0.25) is 5.91 Å². The SMILES string of the molecule is CC1=C(Br)CN([C@@H]2CCN(CC(F)(F)F)C2=O)CC1. The molecule has 1 fully saturated rings. The van der Waals surface area contributed by atoms with Crippen molar-refractivity contribution in [2.75, 3.05) is 26.2 Å². The van der Waals surface area contributed by atoms with E-state index < -0.39 is 24.7 Å². The number of likely N-dealkylation sites (tertiary alicyclic amines) is 1. The van der Waals surface area contributed by atoms with Crippen molar-refractivity contribution in [3.05, 3.63) is 10.1 Å². The third-order valence-corrected chi connectivity index (χ3v) is 4.59. The van der Waals surface area contributed by atoms with Crippen molar-refractivity contribution in [3.8, 4) is 0 Å². The van der Waals surface area contributed by atoms with Crippen LogP contribution in [0.4, 0.5) is 13.2 Å². The lowest BCUT2D eigenvalue weighted by Crippen LogP contribution is -2.46. The minimum Gasteiger partial charge on any atom is -0.332 e. The van der Waals surface area contributed by atoms with Gasteiger partial charge >= 0.3 is 6.18 Å². The molecule has 1 atom stereocenters. The van der Waals surface area contributed by atoms with Gasteiger partial charge in [0.1, 0.15) is 6.54 Å². The van der Waals surface area contributed by atoms with E-state index in [4.69, 9.17) is 0 Å². The smallest absolute Gasteiger partial charge is 0.332 e. The van der Waals surface area contributed by atoms with E-state index in [1.54, 1.807) is 0 Å². The summed E-state index contributed by atoms with van der Waals surface area (Å²) in [6, 6.07) is -0.400. The summed E-state index contributed by atoms with van der Waals surface area (Å²) in [5, 5.41) is 0. The highest BCUT2D eigenvalue weighted by atomic mass is 79.9. The Balaban J connectivity index is 1.99. The largest absolute Gasteiger partial charge is 0.406 e. The minimum absolute atomic E-state index is 0.194. The number of alkyl halides is 3. The number of rotatable bonds is 2. The normalized spacial score (nSPS) is 26.5. The van der Waals surface area contributed by atoms with E-state index in [0.717, 1.165) is 22.3 Å². The van der Waals surface area contributed by atoms with Crippen molar-refractivity contribution < 1.29 is 18.0 Å². The summed E-state index contributed by atoms with van der Waals surface area (Å²) < 4.78 is 38.1. The van der Waals surface area contributed by atoms with E-state index in [1.807, 2.05) is 11.8 Å². The predicted molar refractivity (Wildman–Crippen MR) is 68.9 cm³/mol. The number of amides is 1. The Bertz CT molecular complexity index is 408. The second-order valence-corrected chi connectivity index (χ2v) is 6.04. The Morgan fingerprint density at radius 2 is 2.05 bits per heavy atom. The summed E-state index contributed by atoms with van der Waals surface area (Å²) >= 11 is 3.46. The van der Waals surface area contributed by atoms with Crippen molar-refractivity contribution in [2.45, 2.75) is 32.0 Å². The standard InChI is InChI=1S/C12H16BrF3N2O/c1-8-2-4-17(6-9(8)13)10-3-5-18(11(10)19)7-12(14,15)16/h10H,2-7H2,1H3/t10-/m1/s1. The fourth-order valence-electron chi connectivity index (χ4n) is 2.54. The van der Waals surface area contributed by atoms with E-state index in [0.29, 0.717) is 13.0 Å². The number of carbonyl (C=O) groups excluding carboxylic acids is 1. The molecule has 2 aliphatic rings. The zero-order valence-corrected chi connectivity index (χ0v) is 12.2. The fourth-order valence-corrected chi connectivity index (χ4v) is 3.06. The molecule has 0 saturated carbocycles. The molecular formula is C12H16BrF3N2O. The molecule has 0 N–H and O–H groups in total. The molecule has 0 aromatic carbocycles. The first-order chi connectivity index (χ1) is 8.78. The molecule has 2 heterocycles. The van der Waals surface area contributed by atoms with Gasteiger partial charge in [-0.15, -0.1) is 0 Å². The summed E-state index contributed by atoms with van der Waals surface area (Å²) in [4.78, 5) is 14.9. The molecule has 0 aromatic heterocycles. The van der Waals surface area contributed by atoms with Crippen molar-refractivity contribution in [2.24, 2.45) is 0 Å². The van der Waals surface area contributed by atoms with Crippen LogP contribution in [0.2, 0.25) is 0 Å². The Morgan fingerprint density at radius 1 is 1.37 bits per heavy atom. The summed E-state index contributed by atoms with van der Waals surface area (Å²) in [5.74, 6) is -0.392. The van der Waals surface area contributed by atoms with E-state index >= 15 is 0 Å². The van der Waals surface area contributed by atoms with Gasteiger partial charge in [0, 0.05) is 24.1 Å². The second-order valence-electron chi connectivity index (χ2n) is 5.09. The van der Waals surface area contributed by atoms with Gasteiger partial charge in [-0.3, -0.25) is 9.69 Å². The molecule has 7 heteroatoms. The average Bonchev–Trinajstić information content (AvgIpc) is 2.63. The highest BCUT2D eigenvalue weighted by molar-refractivity contribution is 9.11.